The highest BCUT2D eigenvalue weighted by Crippen LogP contribution is 2.13. The molecule has 3 heteroatoms. The van der Waals surface area contributed by atoms with Gasteiger partial charge in [0.05, 0.1) is 4.92 Å². The van der Waals surface area contributed by atoms with Gasteiger partial charge in [0.1, 0.15) is 0 Å². The molecule has 15 heavy (non-hydrogen) atoms. The van der Waals surface area contributed by atoms with E-state index in [4.69, 9.17) is 0 Å². The van der Waals surface area contributed by atoms with Crippen LogP contribution in [0.2, 0.25) is 0 Å². The summed E-state index contributed by atoms with van der Waals surface area (Å²) in [7, 11) is 0. The molecule has 0 unspecified atom stereocenters. The van der Waals surface area contributed by atoms with Gasteiger partial charge in [0, 0.05) is 11.6 Å². The zero-order valence-corrected chi connectivity index (χ0v) is 9.50. The average molecular weight is 205 g/mol. The van der Waals surface area contributed by atoms with Crippen LogP contribution in [0, 0.1) is 24.0 Å². The number of hydrogen-bond donors (Lipinski definition) is 0. The molecule has 1 rings (SSSR count). The largest absolute Gasteiger partial charge is 0.273 e. The Morgan fingerprint density at radius 2 is 1.73 bits per heavy atom. The van der Waals surface area contributed by atoms with Gasteiger partial charge in [0.2, 0.25) is 0 Å². The van der Waals surface area contributed by atoms with Crippen LogP contribution >= 0.6 is 0 Å². The Balaban J connectivity index is 3.85. The lowest BCUT2D eigenvalue weighted by Gasteiger charge is -2.02. The third-order valence-electron chi connectivity index (χ3n) is 2.63. The van der Waals surface area contributed by atoms with E-state index in [2.05, 4.69) is 0 Å². The van der Waals surface area contributed by atoms with E-state index >= 15 is 0 Å². The number of nitro groups is 1. The first-order valence-electron chi connectivity index (χ1n) is 4.90. The summed E-state index contributed by atoms with van der Waals surface area (Å²) in [4.78, 5) is 10.5. The van der Waals surface area contributed by atoms with Gasteiger partial charge in [-0.1, -0.05) is 12.2 Å². The highest BCUT2D eigenvalue weighted by molar-refractivity contribution is 5.48. The number of nitrogens with zero attached hydrogens (tertiary/aromatic N) is 1. The topological polar surface area (TPSA) is 43.1 Å². The van der Waals surface area contributed by atoms with Crippen LogP contribution in [-0.2, 0) is 0 Å². The molecule has 0 radical (unpaired) electrons. The summed E-state index contributed by atoms with van der Waals surface area (Å²) in [5, 5.41) is 12.9. The maximum absolute atomic E-state index is 10.8. The van der Waals surface area contributed by atoms with Crippen LogP contribution < -0.4 is 10.4 Å². The van der Waals surface area contributed by atoms with Crippen molar-refractivity contribution in [3.8, 4) is 0 Å². The zero-order valence-electron chi connectivity index (χ0n) is 9.50. The molecule has 0 fully saturated rings. The van der Waals surface area contributed by atoms with Crippen molar-refractivity contribution in [3.63, 3.8) is 0 Å². The van der Waals surface area contributed by atoms with E-state index in [1.54, 1.807) is 13.0 Å². The molecule has 0 saturated heterocycles. The van der Waals surface area contributed by atoms with Gasteiger partial charge in [-0.05, 0) is 43.7 Å². The third-order valence-corrected chi connectivity index (χ3v) is 2.63. The molecule has 0 aliphatic heterocycles. The van der Waals surface area contributed by atoms with E-state index in [-0.39, 0.29) is 10.6 Å². The van der Waals surface area contributed by atoms with Crippen LogP contribution in [0.5, 0.6) is 0 Å². The molecule has 3 nitrogen and oxygen atoms in total. The predicted octanol–water partition coefficient (Wildman–Crippen LogP) is 1.81. The molecule has 0 aliphatic rings. The molecule has 1 aromatic rings. The van der Waals surface area contributed by atoms with E-state index < -0.39 is 0 Å². The third kappa shape index (κ3) is 1.91. The van der Waals surface area contributed by atoms with Crippen LogP contribution in [0.15, 0.2) is 6.07 Å². The van der Waals surface area contributed by atoms with Gasteiger partial charge in [0.15, 0.2) is 0 Å². The first-order valence-corrected chi connectivity index (χ1v) is 4.90. The Morgan fingerprint density at radius 3 is 2.13 bits per heavy atom. The number of aryl methyl sites for hydroxylation is 1. The fourth-order valence-corrected chi connectivity index (χ4v) is 1.89. The fraction of sp³-hybridized carbons (Fsp3) is 0.333. The summed E-state index contributed by atoms with van der Waals surface area (Å²) in [6, 6.07) is 1.64. The lowest BCUT2D eigenvalue weighted by molar-refractivity contribution is -0.385. The SMILES string of the molecule is C/C=c1/c(C)cc([N+](=O)[O-])c(C)/c1=C/C. The van der Waals surface area contributed by atoms with Crippen LogP contribution in [0.1, 0.15) is 25.0 Å². The minimum atomic E-state index is -0.325. The molecule has 0 amide bonds. The monoisotopic (exact) mass is 205 g/mol. The normalized spacial score (nSPS) is 13.3. The molecule has 0 bridgehead atoms. The minimum absolute atomic E-state index is 0.200. The Morgan fingerprint density at radius 1 is 1.20 bits per heavy atom. The van der Waals surface area contributed by atoms with E-state index in [0.29, 0.717) is 0 Å². The maximum atomic E-state index is 10.8. The van der Waals surface area contributed by atoms with Crippen molar-refractivity contribution in [1.82, 2.24) is 0 Å². The molecule has 0 atom stereocenters. The van der Waals surface area contributed by atoms with Gasteiger partial charge in [-0.3, -0.25) is 10.1 Å². The van der Waals surface area contributed by atoms with Crippen LogP contribution in [0.3, 0.4) is 0 Å². The van der Waals surface area contributed by atoms with E-state index in [0.717, 1.165) is 21.6 Å². The molecular formula is C12H15NO2. The first-order chi connectivity index (χ1) is 7.02. The summed E-state index contributed by atoms with van der Waals surface area (Å²) < 4.78 is 0. The van der Waals surface area contributed by atoms with Crippen molar-refractivity contribution >= 4 is 17.8 Å². The summed E-state index contributed by atoms with van der Waals surface area (Å²) >= 11 is 0. The van der Waals surface area contributed by atoms with Crippen molar-refractivity contribution in [2.24, 2.45) is 0 Å². The highest BCUT2D eigenvalue weighted by Gasteiger charge is 2.12. The van der Waals surface area contributed by atoms with Gasteiger partial charge in [0.25, 0.3) is 5.69 Å². The summed E-state index contributed by atoms with van der Waals surface area (Å²) in [5.41, 5.74) is 1.88. The van der Waals surface area contributed by atoms with Gasteiger partial charge in [-0.2, -0.15) is 0 Å². The smallest absolute Gasteiger partial charge is 0.258 e. The first kappa shape index (κ1) is 11.4. The molecule has 80 valence electrons. The second-order valence-corrected chi connectivity index (χ2v) is 3.50. The highest BCUT2D eigenvalue weighted by atomic mass is 16.6. The number of benzene rings is 1. The van der Waals surface area contributed by atoms with Crippen molar-refractivity contribution in [2.45, 2.75) is 27.7 Å². The molecule has 0 N–H and O–H groups in total. The molecule has 1 aromatic carbocycles. The number of nitro benzene ring substituents is 1. The van der Waals surface area contributed by atoms with E-state index in [1.165, 1.54) is 0 Å². The van der Waals surface area contributed by atoms with Gasteiger partial charge >= 0.3 is 0 Å². The second kappa shape index (κ2) is 4.26. The Bertz CT molecular complexity index is 515. The van der Waals surface area contributed by atoms with Crippen molar-refractivity contribution in [1.29, 1.82) is 0 Å². The average Bonchev–Trinajstić information content (AvgIpc) is 2.19. The summed E-state index contributed by atoms with van der Waals surface area (Å²) in [6.07, 6.45) is 3.91. The number of rotatable bonds is 1. The van der Waals surface area contributed by atoms with Gasteiger partial charge in [-0.25, -0.2) is 0 Å². The lowest BCUT2D eigenvalue weighted by atomic mass is 10.0. The molecule has 0 aliphatic carbocycles. The Labute approximate surface area is 88.9 Å². The lowest BCUT2D eigenvalue weighted by Crippen LogP contribution is -2.30. The standard InChI is InChI=1S/C12H15NO2/c1-5-10-8(3)7-12(13(14)15)9(4)11(10)6-2/h5-7H,1-4H3/b10-5-,11-6-. The van der Waals surface area contributed by atoms with Crippen molar-refractivity contribution < 1.29 is 4.92 Å². The molecule has 0 saturated carbocycles. The Hall–Kier alpha value is -1.64. The van der Waals surface area contributed by atoms with E-state index in [9.17, 15) is 10.1 Å². The number of hydrogen-bond acceptors (Lipinski definition) is 2. The Kier molecular flexibility index (Phi) is 3.24. The van der Waals surface area contributed by atoms with E-state index in [1.807, 2.05) is 32.9 Å². The molecule has 0 heterocycles. The minimum Gasteiger partial charge on any atom is -0.258 e. The quantitative estimate of drug-likeness (QED) is 0.518. The molecule has 0 spiro atoms. The zero-order chi connectivity index (χ0) is 11.6. The van der Waals surface area contributed by atoms with Crippen LogP contribution in [0.25, 0.3) is 12.2 Å². The maximum Gasteiger partial charge on any atom is 0.273 e. The summed E-state index contributed by atoms with van der Waals surface area (Å²) in [5.74, 6) is 0. The second-order valence-electron chi connectivity index (χ2n) is 3.50. The van der Waals surface area contributed by atoms with Crippen LogP contribution in [-0.4, -0.2) is 4.92 Å². The molecular weight excluding hydrogens is 190 g/mol. The van der Waals surface area contributed by atoms with Gasteiger partial charge in [-0.15, -0.1) is 0 Å². The summed E-state index contributed by atoms with van der Waals surface area (Å²) in [6.45, 7) is 7.54. The van der Waals surface area contributed by atoms with Crippen LogP contribution in [0.4, 0.5) is 5.69 Å². The predicted molar refractivity (Wildman–Crippen MR) is 62.1 cm³/mol. The van der Waals surface area contributed by atoms with Gasteiger partial charge < -0.3 is 0 Å². The molecule has 0 aromatic heterocycles. The van der Waals surface area contributed by atoms with Crippen molar-refractivity contribution in [2.75, 3.05) is 0 Å². The fourth-order valence-electron chi connectivity index (χ4n) is 1.89. The van der Waals surface area contributed by atoms with Crippen molar-refractivity contribution in [3.05, 3.63) is 37.7 Å².